The van der Waals surface area contributed by atoms with E-state index in [9.17, 15) is 4.79 Å². The van der Waals surface area contributed by atoms with E-state index < -0.39 is 0 Å². The molecule has 0 saturated heterocycles. The first-order valence-electron chi connectivity index (χ1n) is 9.60. The van der Waals surface area contributed by atoms with Crippen LogP contribution in [0.1, 0.15) is 35.3 Å². The molecule has 0 fully saturated rings. The maximum absolute atomic E-state index is 13.4. The van der Waals surface area contributed by atoms with Crippen LogP contribution in [0.15, 0.2) is 40.3 Å². The second-order valence-corrected chi connectivity index (χ2v) is 9.05. The second-order valence-electron chi connectivity index (χ2n) is 6.90. The first-order chi connectivity index (χ1) is 13.3. The molecule has 4 nitrogen and oxygen atoms in total. The molecule has 0 aliphatic heterocycles. The zero-order chi connectivity index (χ0) is 18.6. The number of hydrogen-bond acceptors (Lipinski definition) is 5. The highest BCUT2D eigenvalue weighted by Crippen LogP contribution is 2.34. The number of aryl methyl sites for hydroxylation is 3. The van der Waals surface area contributed by atoms with Gasteiger partial charge in [-0.1, -0.05) is 42.1 Å². The van der Waals surface area contributed by atoms with Crippen LogP contribution in [0.5, 0.6) is 0 Å². The van der Waals surface area contributed by atoms with Crippen molar-refractivity contribution in [3.63, 3.8) is 0 Å². The largest absolute Gasteiger partial charge is 0.396 e. The Balaban J connectivity index is 1.74. The molecule has 2 heterocycles. The number of aliphatic hydroxyl groups is 1. The Bertz CT molecular complexity index is 979. The van der Waals surface area contributed by atoms with Gasteiger partial charge in [0.15, 0.2) is 5.16 Å². The molecule has 0 atom stereocenters. The van der Waals surface area contributed by atoms with E-state index in [0.29, 0.717) is 13.0 Å². The summed E-state index contributed by atoms with van der Waals surface area (Å²) in [5.41, 5.74) is 2.59. The summed E-state index contributed by atoms with van der Waals surface area (Å²) in [6, 6.07) is 10.3. The van der Waals surface area contributed by atoms with Crippen molar-refractivity contribution in [1.82, 2.24) is 9.55 Å². The van der Waals surface area contributed by atoms with Gasteiger partial charge in [0.1, 0.15) is 4.83 Å². The zero-order valence-corrected chi connectivity index (χ0v) is 17.0. The minimum absolute atomic E-state index is 0.113. The average Bonchev–Trinajstić information content (AvgIpc) is 3.07. The molecular formula is C21H24N2O2S2. The first-order valence-corrected chi connectivity index (χ1v) is 11.4. The molecule has 1 aliphatic rings. The molecule has 1 N–H and O–H groups in total. The van der Waals surface area contributed by atoms with Crippen LogP contribution in [0.2, 0.25) is 0 Å². The van der Waals surface area contributed by atoms with Crippen LogP contribution in [0.3, 0.4) is 0 Å². The van der Waals surface area contributed by atoms with Crippen molar-refractivity contribution in [2.45, 2.75) is 50.2 Å². The Labute approximate surface area is 167 Å². The topological polar surface area (TPSA) is 55.1 Å². The van der Waals surface area contributed by atoms with Crippen LogP contribution in [0.25, 0.3) is 10.2 Å². The van der Waals surface area contributed by atoms with Gasteiger partial charge >= 0.3 is 0 Å². The Morgan fingerprint density at radius 3 is 2.81 bits per heavy atom. The first kappa shape index (κ1) is 18.7. The van der Waals surface area contributed by atoms with E-state index in [1.54, 1.807) is 23.1 Å². The van der Waals surface area contributed by atoms with E-state index in [2.05, 4.69) is 12.1 Å². The molecule has 1 aliphatic carbocycles. The fourth-order valence-corrected chi connectivity index (χ4v) is 5.89. The highest BCUT2D eigenvalue weighted by Gasteiger charge is 2.22. The lowest BCUT2D eigenvalue weighted by molar-refractivity contribution is 0.296. The molecule has 2 aromatic heterocycles. The van der Waals surface area contributed by atoms with Gasteiger partial charge in [0.25, 0.3) is 5.56 Å². The van der Waals surface area contributed by atoms with Crippen molar-refractivity contribution < 1.29 is 5.11 Å². The number of aliphatic hydroxyl groups excluding tert-OH is 1. The predicted octanol–water partition coefficient (Wildman–Crippen LogP) is 4.05. The van der Waals surface area contributed by atoms with Gasteiger partial charge in [-0.2, -0.15) is 0 Å². The molecule has 27 heavy (non-hydrogen) atoms. The minimum Gasteiger partial charge on any atom is -0.396 e. The summed E-state index contributed by atoms with van der Waals surface area (Å²) in [4.78, 5) is 20.5. The Morgan fingerprint density at radius 2 is 2.00 bits per heavy atom. The normalized spacial score (nSPS) is 13.8. The van der Waals surface area contributed by atoms with Crippen molar-refractivity contribution in [2.75, 3.05) is 12.4 Å². The average molecular weight is 401 g/mol. The zero-order valence-electron chi connectivity index (χ0n) is 15.3. The summed E-state index contributed by atoms with van der Waals surface area (Å²) >= 11 is 3.28. The molecule has 142 valence electrons. The van der Waals surface area contributed by atoms with Gasteiger partial charge in [-0.05, 0) is 49.7 Å². The smallest absolute Gasteiger partial charge is 0.263 e. The molecule has 6 heteroatoms. The van der Waals surface area contributed by atoms with Gasteiger partial charge in [-0.3, -0.25) is 9.36 Å². The Kier molecular flexibility index (Phi) is 5.95. The lowest BCUT2D eigenvalue weighted by Gasteiger charge is -2.13. The van der Waals surface area contributed by atoms with Crippen molar-refractivity contribution in [3.05, 3.63) is 56.7 Å². The lowest BCUT2D eigenvalue weighted by Crippen LogP contribution is -2.25. The van der Waals surface area contributed by atoms with Gasteiger partial charge in [-0.15, -0.1) is 11.3 Å². The van der Waals surface area contributed by atoms with E-state index in [1.165, 1.54) is 22.4 Å². The quantitative estimate of drug-likeness (QED) is 0.369. The maximum atomic E-state index is 13.4. The molecule has 0 bridgehead atoms. The molecule has 1 aromatic carbocycles. The third-order valence-electron chi connectivity index (χ3n) is 5.04. The van der Waals surface area contributed by atoms with Crippen LogP contribution in [0, 0.1) is 0 Å². The van der Waals surface area contributed by atoms with E-state index in [0.717, 1.165) is 46.8 Å². The number of benzene rings is 1. The highest BCUT2D eigenvalue weighted by atomic mass is 32.2. The number of thioether (sulfide) groups is 1. The van der Waals surface area contributed by atoms with Crippen LogP contribution >= 0.6 is 23.1 Å². The summed E-state index contributed by atoms with van der Waals surface area (Å²) < 4.78 is 1.86. The minimum atomic E-state index is 0.113. The standard InChI is InChI=1S/C21H24N2O2S2/c24-13-6-14-26-21-22-19-18(16-9-4-5-10-17(16)27-19)20(25)23(21)12-11-15-7-2-1-3-8-15/h1-3,7-8,24H,4-6,9-14H2. The molecule has 0 unspecified atom stereocenters. The van der Waals surface area contributed by atoms with Gasteiger partial charge in [0, 0.05) is 23.8 Å². The maximum Gasteiger partial charge on any atom is 0.263 e. The van der Waals surface area contributed by atoms with E-state index >= 15 is 0 Å². The summed E-state index contributed by atoms with van der Waals surface area (Å²) in [5, 5.41) is 10.7. The Hall–Kier alpha value is -1.63. The molecular weight excluding hydrogens is 376 g/mol. The lowest BCUT2D eigenvalue weighted by atomic mass is 9.97. The van der Waals surface area contributed by atoms with Crippen LogP contribution in [-0.2, 0) is 25.8 Å². The van der Waals surface area contributed by atoms with E-state index in [-0.39, 0.29) is 12.2 Å². The predicted molar refractivity (Wildman–Crippen MR) is 113 cm³/mol. The number of nitrogens with zero attached hydrogens (tertiary/aromatic N) is 2. The number of aromatic nitrogens is 2. The summed E-state index contributed by atoms with van der Waals surface area (Å²) in [7, 11) is 0. The molecule has 0 amide bonds. The van der Waals surface area contributed by atoms with Gasteiger partial charge in [0.2, 0.25) is 0 Å². The molecule has 4 rings (SSSR count). The third-order valence-corrected chi connectivity index (χ3v) is 7.29. The second kappa shape index (κ2) is 8.59. The SMILES string of the molecule is O=c1c2c3c(sc2nc(SCCCO)n1CCc1ccccc1)CCCC3. The fraction of sp³-hybridized carbons (Fsp3) is 0.429. The molecule has 0 saturated carbocycles. The van der Waals surface area contributed by atoms with Crippen LogP contribution in [0.4, 0.5) is 0 Å². The van der Waals surface area contributed by atoms with E-state index in [1.807, 2.05) is 22.8 Å². The van der Waals surface area contributed by atoms with Crippen LogP contribution < -0.4 is 5.56 Å². The van der Waals surface area contributed by atoms with Crippen molar-refractivity contribution in [1.29, 1.82) is 0 Å². The monoisotopic (exact) mass is 400 g/mol. The number of rotatable bonds is 7. The van der Waals surface area contributed by atoms with Crippen molar-refractivity contribution >= 4 is 33.3 Å². The summed E-state index contributed by atoms with van der Waals surface area (Å²) in [6.45, 7) is 0.800. The molecule has 0 spiro atoms. The Morgan fingerprint density at radius 1 is 1.19 bits per heavy atom. The van der Waals surface area contributed by atoms with Gasteiger partial charge in [-0.25, -0.2) is 4.98 Å². The van der Waals surface area contributed by atoms with Crippen LogP contribution in [-0.4, -0.2) is 27.0 Å². The van der Waals surface area contributed by atoms with E-state index in [4.69, 9.17) is 10.1 Å². The van der Waals surface area contributed by atoms with Gasteiger partial charge in [0.05, 0.1) is 5.39 Å². The van der Waals surface area contributed by atoms with Gasteiger partial charge < -0.3 is 5.11 Å². The summed E-state index contributed by atoms with van der Waals surface area (Å²) in [5.74, 6) is 0.769. The number of fused-ring (bicyclic) bond motifs is 3. The molecule has 0 radical (unpaired) electrons. The molecule has 3 aromatic rings. The fourth-order valence-electron chi connectivity index (χ4n) is 3.64. The number of hydrogen-bond donors (Lipinski definition) is 1. The number of thiophene rings is 1. The summed E-state index contributed by atoms with van der Waals surface area (Å²) in [6.07, 6.45) is 5.97. The third kappa shape index (κ3) is 3.98. The van der Waals surface area contributed by atoms with Crippen molar-refractivity contribution in [3.8, 4) is 0 Å². The van der Waals surface area contributed by atoms with Crippen molar-refractivity contribution in [2.24, 2.45) is 0 Å². The highest BCUT2D eigenvalue weighted by molar-refractivity contribution is 7.99.